The number of rotatable bonds is 3. The lowest BCUT2D eigenvalue weighted by molar-refractivity contribution is 1.18. The molecule has 0 saturated heterocycles. The third-order valence-electron chi connectivity index (χ3n) is 8.05. The molecule has 1 heterocycles. The molecule has 0 unspecified atom stereocenters. The number of benzene rings is 6. The fraction of sp³-hybridized carbons (Fsp3) is 0.0270. The van der Waals surface area contributed by atoms with Crippen LogP contribution in [0.4, 0.5) is 0 Å². The normalized spacial score (nSPS) is 12.1. The monoisotopic (exact) mass is 483 g/mol. The highest BCUT2D eigenvalue weighted by molar-refractivity contribution is 6.16. The summed E-state index contributed by atoms with van der Waals surface area (Å²) in [6.45, 7) is 0. The van der Waals surface area contributed by atoms with Gasteiger partial charge >= 0.3 is 0 Å². The number of fused-ring (bicyclic) bond motifs is 6. The van der Waals surface area contributed by atoms with Gasteiger partial charge in [0, 0.05) is 22.0 Å². The first-order valence-corrected chi connectivity index (χ1v) is 13.3. The van der Waals surface area contributed by atoms with Gasteiger partial charge in [-0.15, -0.1) is 0 Å². The summed E-state index contributed by atoms with van der Waals surface area (Å²) in [4.78, 5) is 0. The molecule has 6 aromatic carbocycles. The highest BCUT2D eigenvalue weighted by atomic mass is 15.0. The summed E-state index contributed by atoms with van der Waals surface area (Å²) in [5, 5.41) is 2.56. The molecule has 0 spiro atoms. The molecule has 8 rings (SSSR count). The zero-order chi connectivity index (χ0) is 25.1. The van der Waals surface area contributed by atoms with Gasteiger partial charge in [-0.2, -0.15) is 0 Å². The summed E-state index contributed by atoms with van der Waals surface area (Å²) < 4.78 is 2.45. The molecule has 1 aromatic heterocycles. The van der Waals surface area contributed by atoms with Gasteiger partial charge in [-0.25, -0.2) is 0 Å². The van der Waals surface area contributed by atoms with Gasteiger partial charge in [0.1, 0.15) is 0 Å². The molecular formula is C37H25N. The van der Waals surface area contributed by atoms with E-state index in [2.05, 4.69) is 144 Å². The van der Waals surface area contributed by atoms with E-state index < -0.39 is 0 Å². The second kappa shape index (κ2) is 8.33. The van der Waals surface area contributed by atoms with Gasteiger partial charge < -0.3 is 4.57 Å². The van der Waals surface area contributed by atoms with Gasteiger partial charge in [0.25, 0.3) is 0 Å². The van der Waals surface area contributed by atoms with Crippen LogP contribution in [0.15, 0.2) is 140 Å². The quantitative estimate of drug-likeness (QED) is 0.236. The Hall–Kier alpha value is -4.88. The molecule has 0 bridgehead atoms. The molecule has 1 heteroatoms. The molecule has 0 aliphatic heterocycles. The van der Waals surface area contributed by atoms with Crippen molar-refractivity contribution in [1.29, 1.82) is 0 Å². The number of aromatic nitrogens is 1. The molecule has 1 aliphatic carbocycles. The number of para-hydroxylation sites is 2. The van der Waals surface area contributed by atoms with Crippen molar-refractivity contribution in [2.45, 2.75) is 6.42 Å². The van der Waals surface area contributed by atoms with Crippen LogP contribution >= 0.6 is 0 Å². The van der Waals surface area contributed by atoms with Crippen molar-refractivity contribution in [2.75, 3.05) is 0 Å². The Morgan fingerprint density at radius 1 is 0.447 bits per heavy atom. The van der Waals surface area contributed by atoms with Crippen molar-refractivity contribution in [3.63, 3.8) is 0 Å². The van der Waals surface area contributed by atoms with E-state index in [9.17, 15) is 0 Å². The maximum atomic E-state index is 2.45. The molecule has 0 atom stereocenters. The van der Waals surface area contributed by atoms with Crippen LogP contribution < -0.4 is 0 Å². The molecule has 0 N–H and O–H groups in total. The lowest BCUT2D eigenvalue weighted by Crippen LogP contribution is -1.98. The van der Waals surface area contributed by atoms with Crippen LogP contribution in [0.25, 0.3) is 60.9 Å². The maximum Gasteiger partial charge on any atom is 0.0625 e. The predicted octanol–water partition coefficient (Wildman–Crippen LogP) is 9.69. The van der Waals surface area contributed by atoms with E-state index in [1.54, 1.807) is 0 Å². The van der Waals surface area contributed by atoms with Crippen LogP contribution in [0.1, 0.15) is 11.1 Å². The van der Waals surface area contributed by atoms with Crippen molar-refractivity contribution in [2.24, 2.45) is 0 Å². The Morgan fingerprint density at radius 2 is 1.11 bits per heavy atom. The predicted molar refractivity (Wildman–Crippen MR) is 160 cm³/mol. The minimum atomic E-state index is 0.968. The molecule has 7 aromatic rings. The van der Waals surface area contributed by atoms with Crippen molar-refractivity contribution < 1.29 is 0 Å². The fourth-order valence-electron chi connectivity index (χ4n) is 6.43. The first-order valence-electron chi connectivity index (χ1n) is 13.3. The Balaban J connectivity index is 1.53. The Bertz CT molecular complexity index is 1980. The van der Waals surface area contributed by atoms with Crippen molar-refractivity contribution in [1.82, 2.24) is 4.57 Å². The molecule has 38 heavy (non-hydrogen) atoms. The second-order valence-corrected chi connectivity index (χ2v) is 10.1. The largest absolute Gasteiger partial charge is 0.309 e. The molecule has 178 valence electrons. The SMILES string of the molecule is c1ccc(-c2c(-c3cccc4c3Cc3ccccc3-4)ccc3c4ccccc4n(-c4ccccc4)c23)cc1. The van der Waals surface area contributed by atoms with E-state index in [1.165, 1.54) is 72.0 Å². The van der Waals surface area contributed by atoms with Crippen LogP contribution in [0.5, 0.6) is 0 Å². The van der Waals surface area contributed by atoms with Gasteiger partial charge in [0.2, 0.25) is 0 Å². The smallest absolute Gasteiger partial charge is 0.0625 e. The minimum Gasteiger partial charge on any atom is -0.309 e. The standard InChI is InChI=1S/C37H25N/c1-3-12-25(13-4-1)36-32(30-20-11-19-29-28-17-8-7-14-26(28)24-34(29)30)22-23-33-31-18-9-10-21-35(31)38(37(33)36)27-15-5-2-6-16-27/h1-23H,24H2. The van der Waals surface area contributed by atoms with Gasteiger partial charge in [-0.05, 0) is 63.6 Å². The molecular weight excluding hydrogens is 458 g/mol. The van der Waals surface area contributed by atoms with Crippen molar-refractivity contribution >= 4 is 21.8 Å². The first kappa shape index (κ1) is 21.2. The third-order valence-corrected chi connectivity index (χ3v) is 8.05. The second-order valence-electron chi connectivity index (χ2n) is 10.1. The zero-order valence-electron chi connectivity index (χ0n) is 20.9. The lowest BCUT2D eigenvalue weighted by Gasteiger charge is -2.18. The van der Waals surface area contributed by atoms with E-state index >= 15 is 0 Å². The Morgan fingerprint density at radius 3 is 1.95 bits per heavy atom. The van der Waals surface area contributed by atoms with Crippen LogP contribution in [-0.2, 0) is 6.42 Å². The molecule has 0 radical (unpaired) electrons. The first-order chi connectivity index (χ1) is 18.9. The highest BCUT2D eigenvalue weighted by Gasteiger charge is 2.25. The number of hydrogen-bond donors (Lipinski definition) is 0. The van der Waals surface area contributed by atoms with Gasteiger partial charge in [-0.1, -0.05) is 121 Å². The third kappa shape index (κ3) is 3.06. The summed E-state index contributed by atoms with van der Waals surface area (Å²) in [7, 11) is 0. The molecule has 1 nitrogen and oxygen atoms in total. The maximum absolute atomic E-state index is 2.45. The van der Waals surface area contributed by atoms with Crippen LogP contribution in [0, 0.1) is 0 Å². The minimum absolute atomic E-state index is 0.968. The molecule has 0 saturated carbocycles. The average molecular weight is 484 g/mol. The summed E-state index contributed by atoms with van der Waals surface area (Å²) in [5.41, 5.74) is 14.4. The summed E-state index contributed by atoms with van der Waals surface area (Å²) >= 11 is 0. The molecule has 0 fully saturated rings. The average Bonchev–Trinajstić information content (AvgIpc) is 3.54. The fourth-order valence-corrected chi connectivity index (χ4v) is 6.43. The topological polar surface area (TPSA) is 4.93 Å². The highest BCUT2D eigenvalue weighted by Crippen LogP contribution is 2.47. The zero-order valence-corrected chi connectivity index (χ0v) is 20.9. The van der Waals surface area contributed by atoms with E-state index in [1.807, 2.05) is 0 Å². The summed E-state index contributed by atoms with van der Waals surface area (Å²) in [6, 6.07) is 50.8. The summed E-state index contributed by atoms with van der Waals surface area (Å²) in [6.07, 6.45) is 0.968. The van der Waals surface area contributed by atoms with E-state index in [-0.39, 0.29) is 0 Å². The number of hydrogen-bond acceptors (Lipinski definition) is 0. The summed E-state index contributed by atoms with van der Waals surface area (Å²) in [5.74, 6) is 0. The van der Waals surface area contributed by atoms with Crippen LogP contribution in [0.2, 0.25) is 0 Å². The van der Waals surface area contributed by atoms with Crippen molar-refractivity contribution in [3.05, 3.63) is 151 Å². The lowest BCUT2D eigenvalue weighted by atomic mass is 9.88. The van der Waals surface area contributed by atoms with E-state index in [0.29, 0.717) is 0 Å². The van der Waals surface area contributed by atoms with Gasteiger partial charge in [-0.3, -0.25) is 0 Å². The van der Waals surface area contributed by atoms with Crippen LogP contribution in [0.3, 0.4) is 0 Å². The van der Waals surface area contributed by atoms with E-state index in [0.717, 1.165) is 6.42 Å². The van der Waals surface area contributed by atoms with Gasteiger partial charge in [0.15, 0.2) is 0 Å². The Labute approximate surface area is 222 Å². The molecule has 1 aliphatic rings. The molecule has 0 amide bonds. The van der Waals surface area contributed by atoms with Crippen molar-refractivity contribution in [3.8, 4) is 39.1 Å². The van der Waals surface area contributed by atoms with Crippen LogP contribution in [-0.4, -0.2) is 4.57 Å². The van der Waals surface area contributed by atoms with Gasteiger partial charge in [0.05, 0.1) is 11.0 Å². The van der Waals surface area contributed by atoms with E-state index in [4.69, 9.17) is 0 Å². The number of nitrogens with zero attached hydrogens (tertiary/aromatic N) is 1. The Kier molecular flexibility index (Phi) is 4.65.